The van der Waals surface area contributed by atoms with E-state index in [0.717, 1.165) is 17.7 Å². The van der Waals surface area contributed by atoms with Gasteiger partial charge in [-0.05, 0) is 34.9 Å². The SMILES string of the molecule is N#Cc1cccc(C(=O)N2CCN(Cc3ccc(-c4ccc(C(O)(C(F)(F)F)C(F)(F)F)cc4)cc3)CC2)c1. The van der Waals surface area contributed by atoms with Gasteiger partial charge in [0.2, 0.25) is 0 Å². The molecule has 3 aromatic carbocycles. The first-order valence-corrected chi connectivity index (χ1v) is 11.9. The molecule has 1 N–H and O–H groups in total. The van der Waals surface area contributed by atoms with Crippen LogP contribution in [-0.2, 0) is 12.1 Å². The molecule has 3 aromatic rings. The van der Waals surface area contributed by atoms with Gasteiger partial charge in [0.05, 0.1) is 11.6 Å². The van der Waals surface area contributed by atoms with E-state index in [1.54, 1.807) is 41.3 Å². The number of halogens is 6. The van der Waals surface area contributed by atoms with Crippen molar-refractivity contribution in [3.8, 4) is 17.2 Å². The predicted octanol–water partition coefficient (Wildman–Crippen LogP) is 5.50. The minimum atomic E-state index is -5.93. The van der Waals surface area contributed by atoms with Gasteiger partial charge in [-0.3, -0.25) is 9.69 Å². The minimum Gasteiger partial charge on any atom is -0.369 e. The van der Waals surface area contributed by atoms with Gasteiger partial charge in [0.1, 0.15) is 0 Å². The Morgan fingerprint density at radius 3 is 1.87 bits per heavy atom. The summed E-state index contributed by atoms with van der Waals surface area (Å²) in [4.78, 5) is 16.6. The van der Waals surface area contributed by atoms with E-state index in [1.807, 2.05) is 18.2 Å². The van der Waals surface area contributed by atoms with Gasteiger partial charge in [0, 0.05) is 43.9 Å². The minimum absolute atomic E-state index is 0.133. The fourth-order valence-electron chi connectivity index (χ4n) is 4.47. The summed E-state index contributed by atoms with van der Waals surface area (Å²) >= 11 is 0. The molecule has 0 atom stereocenters. The van der Waals surface area contributed by atoms with Crippen LogP contribution in [0, 0.1) is 11.3 Å². The largest absolute Gasteiger partial charge is 0.430 e. The van der Waals surface area contributed by atoms with Crippen LogP contribution in [0.5, 0.6) is 0 Å². The number of hydrogen-bond acceptors (Lipinski definition) is 4. The van der Waals surface area contributed by atoms with Gasteiger partial charge in [0.15, 0.2) is 0 Å². The molecule has 1 heterocycles. The van der Waals surface area contributed by atoms with E-state index >= 15 is 0 Å². The Kier molecular flexibility index (Phi) is 7.73. The maximum absolute atomic E-state index is 13.1. The number of carbonyl (C=O) groups is 1. The van der Waals surface area contributed by atoms with Crippen molar-refractivity contribution in [1.82, 2.24) is 9.80 Å². The molecule has 4 rings (SSSR count). The van der Waals surface area contributed by atoms with Crippen molar-refractivity contribution < 1.29 is 36.2 Å². The molecule has 0 unspecified atom stereocenters. The summed E-state index contributed by atoms with van der Waals surface area (Å²) < 4.78 is 78.7. The number of aliphatic hydroxyl groups is 1. The second-order valence-electron chi connectivity index (χ2n) is 9.24. The Morgan fingerprint density at radius 1 is 0.821 bits per heavy atom. The Hall–Kier alpha value is -3.88. The van der Waals surface area contributed by atoms with Crippen molar-refractivity contribution in [2.75, 3.05) is 26.2 Å². The highest BCUT2D eigenvalue weighted by Gasteiger charge is 2.71. The topological polar surface area (TPSA) is 67.6 Å². The fourth-order valence-corrected chi connectivity index (χ4v) is 4.47. The maximum Gasteiger partial charge on any atom is 0.430 e. The number of nitriles is 1. The molecule has 0 bridgehead atoms. The average Bonchev–Trinajstić information content (AvgIpc) is 2.92. The first kappa shape index (κ1) is 28.1. The van der Waals surface area contributed by atoms with Crippen LogP contribution in [0.3, 0.4) is 0 Å². The van der Waals surface area contributed by atoms with Crippen LogP contribution in [0.15, 0.2) is 72.8 Å². The lowest BCUT2D eigenvalue weighted by molar-refractivity contribution is -0.376. The third kappa shape index (κ3) is 5.77. The number of piperazine rings is 1. The first-order valence-electron chi connectivity index (χ1n) is 11.9. The highest BCUT2D eigenvalue weighted by Crippen LogP contribution is 2.50. The maximum atomic E-state index is 13.1. The zero-order valence-electron chi connectivity index (χ0n) is 20.4. The highest BCUT2D eigenvalue weighted by molar-refractivity contribution is 5.94. The summed E-state index contributed by atoms with van der Waals surface area (Å²) in [6.07, 6.45) is -11.9. The molecule has 1 aliphatic rings. The molecule has 0 spiro atoms. The normalized spacial score (nSPS) is 15.2. The van der Waals surface area contributed by atoms with Gasteiger partial charge in [-0.1, -0.05) is 54.6 Å². The van der Waals surface area contributed by atoms with Crippen molar-refractivity contribution in [1.29, 1.82) is 5.26 Å². The summed E-state index contributed by atoms with van der Waals surface area (Å²) in [5.74, 6) is -0.133. The van der Waals surface area contributed by atoms with Crippen LogP contribution in [0.1, 0.15) is 27.0 Å². The quantitative estimate of drug-likeness (QED) is 0.429. The third-order valence-corrected chi connectivity index (χ3v) is 6.71. The van der Waals surface area contributed by atoms with Gasteiger partial charge in [0.25, 0.3) is 11.5 Å². The van der Waals surface area contributed by atoms with E-state index < -0.39 is 23.5 Å². The van der Waals surface area contributed by atoms with Crippen LogP contribution in [0.2, 0.25) is 0 Å². The molecule has 0 saturated carbocycles. The molecule has 0 aliphatic carbocycles. The van der Waals surface area contributed by atoms with Crippen LogP contribution < -0.4 is 0 Å². The number of rotatable bonds is 5. The summed E-state index contributed by atoms with van der Waals surface area (Å²) in [7, 11) is 0. The molecule has 11 heteroatoms. The molecule has 5 nitrogen and oxygen atoms in total. The number of carbonyl (C=O) groups excluding carboxylic acids is 1. The third-order valence-electron chi connectivity index (χ3n) is 6.71. The van der Waals surface area contributed by atoms with Crippen LogP contribution >= 0.6 is 0 Å². The molecule has 204 valence electrons. The number of hydrogen-bond donors (Lipinski definition) is 1. The molecule has 1 fully saturated rings. The molecule has 1 aliphatic heterocycles. The molecular weight excluding hydrogens is 524 g/mol. The summed E-state index contributed by atoms with van der Waals surface area (Å²) in [6, 6.07) is 19.1. The molecule has 1 amide bonds. The van der Waals surface area contributed by atoms with Gasteiger partial charge in [-0.2, -0.15) is 31.6 Å². The number of nitrogens with zero attached hydrogens (tertiary/aromatic N) is 3. The van der Waals surface area contributed by atoms with Crippen molar-refractivity contribution >= 4 is 5.91 Å². The van der Waals surface area contributed by atoms with Crippen molar-refractivity contribution in [2.24, 2.45) is 0 Å². The van der Waals surface area contributed by atoms with E-state index in [1.165, 1.54) is 0 Å². The molecular formula is C28H23F6N3O2. The Bertz CT molecular complexity index is 1340. The van der Waals surface area contributed by atoms with E-state index in [2.05, 4.69) is 4.90 Å². The van der Waals surface area contributed by atoms with E-state index in [4.69, 9.17) is 5.26 Å². The fraction of sp³-hybridized carbons (Fsp3) is 0.286. The molecule has 0 radical (unpaired) electrons. The van der Waals surface area contributed by atoms with Gasteiger partial charge in [-0.25, -0.2) is 0 Å². The Balaban J connectivity index is 1.37. The molecule has 1 saturated heterocycles. The van der Waals surface area contributed by atoms with Gasteiger partial charge < -0.3 is 10.0 Å². The Morgan fingerprint density at radius 2 is 1.36 bits per heavy atom. The standard InChI is InChI=1S/C28H23F6N3O2/c29-27(30,31)26(39,28(32,33)34)24-10-8-22(9-11-24)21-6-4-19(5-7-21)18-36-12-14-37(15-13-36)25(38)23-3-1-2-20(16-23)17-35/h1-11,16,39H,12-15,18H2. The smallest absolute Gasteiger partial charge is 0.369 e. The zero-order valence-corrected chi connectivity index (χ0v) is 20.4. The van der Waals surface area contributed by atoms with E-state index in [9.17, 15) is 36.2 Å². The van der Waals surface area contributed by atoms with Crippen LogP contribution in [0.4, 0.5) is 26.3 Å². The van der Waals surface area contributed by atoms with Crippen molar-refractivity contribution in [2.45, 2.75) is 24.5 Å². The lowest BCUT2D eigenvalue weighted by Crippen LogP contribution is -2.53. The van der Waals surface area contributed by atoms with Crippen LogP contribution in [-0.4, -0.2) is 59.3 Å². The average molecular weight is 547 g/mol. The lowest BCUT2D eigenvalue weighted by Gasteiger charge is -2.34. The summed E-state index contributed by atoms with van der Waals surface area (Å²) in [5.41, 5.74) is -3.46. The van der Waals surface area contributed by atoms with Gasteiger partial charge in [-0.15, -0.1) is 0 Å². The number of benzene rings is 3. The molecule has 0 aromatic heterocycles. The predicted molar refractivity (Wildman–Crippen MR) is 130 cm³/mol. The summed E-state index contributed by atoms with van der Waals surface area (Å²) in [5, 5.41) is 18.6. The van der Waals surface area contributed by atoms with E-state index in [-0.39, 0.29) is 5.91 Å². The number of amides is 1. The summed E-state index contributed by atoms with van der Waals surface area (Å²) in [6.45, 7) is 2.89. The number of alkyl halides is 6. The second kappa shape index (κ2) is 10.7. The van der Waals surface area contributed by atoms with Crippen LogP contribution in [0.25, 0.3) is 11.1 Å². The van der Waals surface area contributed by atoms with Crippen molar-refractivity contribution in [3.05, 3.63) is 95.1 Å². The first-order chi connectivity index (χ1) is 18.3. The molecule has 39 heavy (non-hydrogen) atoms. The van der Waals surface area contributed by atoms with Crippen molar-refractivity contribution in [3.63, 3.8) is 0 Å². The Labute approximate surface area is 220 Å². The second-order valence-corrected chi connectivity index (χ2v) is 9.24. The van der Waals surface area contributed by atoms with Gasteiger partial charge >= 0.3 is 12.4 Å². The van der Waals surface area contributed by atoms with E-state index in [0.29, 0.717) is 67.1 Å². The lowest BCUT2D eigenvalue weighted by atomic mass is 9.90. The highest BCUT2D eigenvalue weighted by atomic mass is 19.4. The zero-order chi connectivity index (χ0) is 28.4. The monoisotopic (exact) mass is 547 g/mol.